The van der Waals surface area contributed by atoms with Crippen LogP contribution in [0.3, 0.4) is 0 Å². The quantitative estimate of drug-likeness (QED) is 0.591. The van der Waals surface area contributed by atoms with Crippen molar-refractivity contribution < 1.29 is 15.7 Å². The molecule has 1 aromatic carbocycles. The molecular formula is C21H28N4O3S. The molecule has 1 saturated carbocycles. The maximum atomic E-state index is 5.77. The van der Waals surface area contributed by atoms with Crippen LogP contribution in [0.4, 0.5) is 5.82 Å². The summed E-state index contributed by atoms with van der Waals surface area (Å²) in [5.41, 5.74) is 2.14. The maximum Gasteiger partial charge on any atom is 0.324 e. The minimum Gasteiger partial charge on any atom is -0.423 e. The lowest BCUT2D eigenvalue weighted by atomic mass is 10.2. The van der Waals surface area contributed by atoms with Crippen molar-refractivity contribution in [1.29, 1.82) is 0 Å². The number of hydrogen-bond acceptors (Lipinski definition) is 6. The number of nitrogens with one attached hydrogen (secondary N) is 1. The number of rotatable bonds is 6. The Kier molecular flexibility index (Phi) is 10.1. The lowest BCUT2D eigenvalue weighted by Crippen LogP contribution is -2.05. The number of anilines is 1. The molecule has 1 aliphatic rings. The Morgan fingerprint density at radius 2 is 1.83 bits per heavy atom. The van der Waals surface area contributed by atoms with Gasteiger partial charge in [-0.1, -0.05) is 32.0 Å². The average molecular weight is 417 g/mol. The minimum absolute atomic E-state index is 0. The Labute approximate surface area is 176 Å². The van der Waals surface area contributed by atoms with Gasteiger partial charge in [-0.05, 0) is 36.6 Å². The summed E-state index contributed by atoms with van der Waals surface area (Å²) >= 11 is 4.49. The summed E-state index contributed by atoms with van der Waals surface area (Å²) in [5.74, 6) is 1.89. The van der Waals surface area contributed by atoms with Crippen LogP contribution in [0.1, 0.15) is 43.9 Å². The van der Waals surface area contributed by atoms with E-state index in [1.165, 1.54) is 12.8 Å². The third-order valence-electron chi connectivity index (χ3n) is 4.02. The minimum atomic E-state index is 0. The van der Waals surface area contributed by atoms with E-state index >= 15 is 0 Å². The molecule has 0 atom stereocenters. The van der Waals surface area contributed by atoms with Crippen molar-refractivity contribution in [3.63, 3.8) is 0 Å². The smallest absolute Gasteiger partial charge is 0.324 e. The fourth-order valence-electron chi connectivity index (χ4n) is 2.53. The second-order valence-corrected chi connectivity index (χ2v) is 6.49. The van der Waals surface area contributed by atoms with Crippen molar-refractivity contribution in [3.8, 4) is 11.8 Å². The Morgan fingerprint density at radius 3 is 2.48 bits per heavy atom. The molecule has 156 valence electrons. The number of benzene rings is 1. The highest BCUT2D eigenvalue weighted by Gasteiger charge is 2.26. The molecule has 2 aromatic heterocycles. The SMILES string of the molecule is CC.O.O.Sc1ccccc1CNc1cc(C2CC2)nc(Oc2cccnc2)n1. The van der Waals surface area contributed by atoms with Gasteiger partial charge in [0.25, 0.3) is 0 Å². The van der Waals surface area contributed by atoms with Crippen molar-refractivity contribution in [2.45, 2.75) is 44.0 Å². The highest BCUT2D eigenvalue weighted by atomic mass is 32.1. The fourth-order valence-corrected chi connectivity index (χ4v) is 2.77. The van der Waals surface area contributed by atoms with Gasteiger partial charge in [0, 0.05) is 29.6 Å². The zero-order valence-corrected chi connectivity index (χ0v) is 17.5. The Balaban J connectivity index is 0.00000102. The molecule has 0 spiro atoms. The first kappa shape index (κ1) is 24.4. The van der Waals surface area contributed by atoms with Crippen LogP contribution in [0.5, 0.6) is 11.8 Å². The second-order valence-electron chi connectivity index (χ2n) is 6.01. The number of aromatic nitrogens is 3. The van der Waals surface area contributed by atoms with Crippen LogP contribution >= 0.6 is 12.6 Å². The van der Waals surface area contributed by atoms with Gasteiger partial charge in [0.1, 0.15) is 11.6 Å². The maximum absolute atomic E-state index is 5.77. The number of ether oxygens (including phenoxy) is 1. The molecule has 3 aromatic rings. The number of thiol groups is 1. The standard InChI is InChI=1S/C19H18N4OS.C2H6.2H2O/c25-17-6-2-1-4-14(17)11-21-18-10-16(13-7-8-13)22-19(23-18)24-15-5-3-9-20-12-15;1-2;;/h1-6,9-10,12-13,25H,7-8,11H2,(H,21,22,23);1-2H3;2*1H2. The molecule has 8 heteroatoms. The van der Waals surface area contributed by atoms with Gasteiger partial charge < -0.3 is 21.0 Å². The van der Waals surface area contributed by atoms with Gasteiger partial charge in [-0.25, -0.2) is 0 Å². The van der Waals surface area contributed by atoms with Crippen molar-refractivity contribution in [3.05, 3.63) is 66.1 Å². The van der Waals surface area contributed by atoms with Crippen LogP contribution < -0.4 is 10.1 Å². The lowest BCUT2D eigenvalue weighted by Gasteiger charge is -2.11. The second kappa shape index (κ2) is 12.0. The average Bonchev–Trinajstić information content (AvgIpc) is 3.55. The number of pyridine rings is 1. The van der Waals surface area contributed by atoms with Gasteiger partial charge in [-0.15, -0.1) is 12.6 Å². The van der Waals surface area contributed by atoms with Crippen molar-refractivity contribution in [2.24, 2.45) is 0 Å². The monoisotopic (exact) mass is 416 g/mol. The predicted octanol–water partition coefficient (Wildman–Crippen LogP) is 3.82. The zero-order chi connectivity index (χ0) is 19.1. The molecule has 5 N–H and O–H groups in total. The summed E-state index contributed by atoms with van der Waals surface area (Å²) in [6, 6.07) is 14.0. The number of nitrogens with zero attached hydrogens (tertiary/aromatic N) is 3. The summed E-state index contributed by atoms with van der Waals surface area (Å²) in [6.45, 7) is 4.65. The summed E-state index contributed by atoms with van der Waals surface area (Å²) in [7, 11) is 0. The summed E-state index contributed by atoms with van der Waals surface area (Å²) < 4.78 is 5.77. The molecular weight excluding hydrogens is 388 g/mol. The van der Waals surface area contributed by atoms with Gasteiger partial charge in [-0.2, -0.15) is 9.97 Å². The molecule has 0 aliphatic heterocycles. The predicted molar refractivity (Wildman–Crippen MR) is 118 cm³/mol. The third kappa shape index (κ3) is 7.01. The van der Waals surface area contributed by atoms with E-state index in [9.17, 15) is 0 Å². The van der Waals surface area contributed by atoms with Crippen LogP contribution in [0, 0.1) is 0 Å². The molecule has 0 saturated heterocycles. The topological polar surface area (TPSA) is 123 Å². The molecule has 1 aliphatic carbocycles. The summed E-state index contributed by atoms with van der Waals surface area (Å²) in [4.78, 5) is 14.0. The van der Waals surface area contributed by atoms with Gasteiger partial charge in [0.2, 0.25) is 0 Å². The van der Waals surface area contributed by atoms with E-state index in [0.29, 0.717) is 24.2 Å². The molecule has 0 radical (unpaired) electrons. The van der Waals surface area contributed by atoms with Crippen LogP contribution in [0.25, 0.3) is 0 Å². The Morgan fingerprint density at radius 1 is 1.07 bits per heavy atom. The summed E-state index contributed by atoms with van der Waals surface area (Å²) in [5, 5.41) is 3.36. The van der Waals surface area contributed by atoms with Crippen LogP contribution in [0.2, 0.25) is 0 Å². The van der Waals surface area contributed by atoms with Crippen LogP contribution in [-0.4, -0.2) is 25.9 Å². The highest BCUT2D eigenvalue weighted by Crippen LogP contribution is 2.40. The van der Waals surface area contributed by atoms with Crippen LogP contribution in [0.15, 0.2) is 59.8 Å². The molecule has 29 heavy (non-hydrogen) atoms. The van der Waals surface area contributed by atoms with Crippen molar-refractivity contribution in [1.82, 2.24) is 15.0 Å². The molecule has 0 amide bonds. The molecule has 0 bridgehead atoms. The summed E-state index contributed by atoms with van der Waals surface area (Å²) in [6.07, 6.45) is 5.69. The fraction of sp³-hybridized carbons (Fsp3) is 0.286. The van der Waals surface area contributed by atoms with Crippen molar-refractivity contribution in [2.75, 3.05) is 5.32 Å². The van der Waals surface area contributed by atoms with E-state index in [0.717, 1.165) is 22.0 Å². The number of hydrogen-bond donors (Lipinski definition) is 2. The molecule has 2 heterocycles. The van der Waals surface area contributed by atoms with Gasteiger partial charge >= 0.3 is 6.01 Å². The van der Waals surface area contributed by atoms with Gasteiger partial charge in [0.15, 0.2) is 0 Å². The molecule has 1 fully saturated rings. The van der Waals surface area contributed by atoms with Crippen molar-refractivity contribution >= 4 is 18.4 Å². The third-order valence-corrected chi connectivity index (χ3v) is 4.45. The first-order chi connectivity index (χ1) is 13.3. The zero-order valence-electron chi connectivity index (χ0n) is 16.6. The van der Waals surface area contributed by atoms with Gasteiger partial charge in [0.05, 0.1) is 11.9 Å². The van der Waals surface area contributed by atoms with Crippen LogP contribution in [-0.2, 0) is 6.54 Å². The van der Waals surface area contributed by atoms with E-state index in [1.54, 1.807) is 12.4 Å². The first-order valence-corrected chi connectivity index (χ1v) is 9.70. The van der Waals surface area contributed by atoms with E-state index < -0.39 is 0 Å². The Hall–Kier alpha value is -2.68. The van der Waals surface area contributed by atoms with E-state index in [1.807, 2.05) is 56.3 Å². The lowest BCUT2D eigenvalue weighted by molar-refractivity contribution is 0.438. The van der Waals surface area contributed by atoms with E-state index in [2.05, 4.69) is 32.9 Å². The Bertz CT molecular complexity index is 877. The molecule has 0 unspecified atom stereocenters. The van der Waals surface area contributed by atoms with Gasteiger partial charge in [-0.3, -0.25) is 4.98 Å². The van der Waals surface area contributed by atoms with E-state index in [-0.39, 0.29) is 11.0 Å². The largest absolute Gasteiger partial charge is 0.423 e. The highest BCUT2D eigenvalue weighted by molar-refractivity contribution is 7.80. The molecule has 7 nitrogen and oxygen atoms in total. The normalized spacial score (nSPS) is 11.8. The first-order valence-electron chi connectivity index (χ1n) is 9.25. The van der Waals surface area contributed by atoms with E-state index in [4.69, 9.17) is 4.74 Å². The molecule has 4 rings (SSSR count).